The van der Waals surface area contributed by atoms with Crippen molar-refractivity contribution in [2.24, 2.45) is 0 Å². The van der Waals surface area contributed by atoms with Crippen molar-refractivity contribution in [1.29, 1.82) is 0 Å². The highest BCUT2D eigenvalue weighted by molar-refractivity contribution is 6.31. The van der Waals surface area contributed by atoms with Crippen LogP contribution < -0.4 is 5.32 Å². The molecule has 0 heterocycles. The normalized spacial score (nSPS) is 12.8. The zero-order valence-corrected chi connectivity index (χ0v) is 13.8. The SMILES string of the molecule is O=C(O)C(=O)N[C@H](Cc1ccc(-c2ccccc2)cc1)CC(O)C(=O)O. The highest BCUT2D eigenvalue weighted by Gasteiger charge is 2.24. The first-order valence-electron chi connectivity index (χ1n) is 7.96. The van der Waals surface area contributed by atoms with Gasteiger partial charge in [0.2, 0.25) is 0 Å². The average Bonchev–Trinajstić information content (AvgIpc) is 2.62. The molecule has 4 N–H and O–H groups in total. The second-order valence-corrected chi connectivity index (χ2v) is 5.83. The van der Waals surface area contributed by atoms with E-state index >= 15 is 0 Å². The molecule has 0 saturated carbocycles. The van der Waals surface area contributed by atoms with E-state index < -0.39 is 30.0 Å². The summed E-state index contributed by atoms with van der Waals surface area (Å²) in [6.07, 6.45) is -1.80. The average molecular weight is 357 g/mol. The molecule has 0 aromatic heterocycles. The van der Waals surface area contributed by atoms with Gasteiger partial charge in [-0.05, 0) is 23.1 Å². The molecule has 7 nitrogen and oxygen atoms in total. The summed E-state index contributed by atoms with van der Waals surface area (Å²) in [6.45, 7) is 0. The van der Waals surface area contributed by atoms with E-state index in [4.69, 9.17) is 10.2 Å². The number of hydrogen-bond donors (Lipinski definition) is 4. The van der Waals surface area contributed by atoms with Crippen LogP contribution in [0.5, 0.6) is 0 Å². The molecule has 0 fully saturated rings. The number of carbonyl (C=O) groups is 3. The summed E-state index contributed by atoms with van der Waals surface area (Å²) in [5.74, 6) is -4.34. The number of aliphatic hydroxyl groups excluding tert-OH is 1. The van der Waals surface area contributed by atoms with Crippen molar-refractivity contribution in [3.8, 4) is 11.1 Å². The van der Waals surface area contributed by atoms with Gasteiger partial charge in [-0.3, -0.25) is 4.79 Å². The fourth-order valence-electron chi connectivity index (χ4n) is 2.56. The van der Waals surface area contributed by atoms with Gasteiger partial charge in [-0.1, -0.05) is 54.6 Å². The van der Waals surface area contributed by atoms with Crippen LogP contribution in [-0.4, -0.2) is 45.3 Å². The maximum Gasteiger partial charge on any atom is 0.394 e. The van der Waals surface area contributed by atoms with Gasteiger partial charge in [-0.2, -0.15) is 0 Å². The van der Waals surface area contributed by atoms with Crippen LogP contribution in [0.2, 0.25) is 0 Å². The van der Waals surface area contributed by atoms with E-state index in [1.807, 2.05) is 54.6 Å². The van der Waals surface area contributed by atoms with Gasteiger partial charge in [-0.25, -0.2) is 9.59 Å². The molecule has 136 valence electrons. The summed E-state index contributed by atoms with van der Waals surface area (Å²) >= 11 is 0. The summed E-state index contributed by atoms with van der Waals surface area (Å²) in [5, 5.41) is 29.3. The molecule has 0 aliphatic rings. The summed E-state index contributed by atoms with van der Waals surface area (Å²) in [4.78, 5) is 32.9. The van der Waals surface area contributed by atoms with E-state index in [1.54, 1.807) is 0 Å². The monoisotopic (exact) mass is 357 g/mol. The number of carboxylic acids is 2. The fourth-order valence-corrected chi connectivity index (χ4v) is 2.56. The fraction of sp³-hybridized carbons (Fsp3) is 0.211. The van der Waals surface area contributed by atoms with E-state index in [1.165, 1.54) is 0 Å². The Labute approximate surface area is 149 Å². The molecular formula is C19H19NO6. The number of nitrogens with one attached hydrogen (secondary N) is 1. The van der Waals surface area contributed by atoms with Crippen LogP contribution in [0.4, 0.5) is 0 Å². The Kier molecular flexibility index (Phi) is 6.46. The third kappa shape index (κ3) is 5.42. The quantitative estimate of drug-likeness (QED) is 0.554. The molecule has 0 aliphatic carbocycles. The first-order chi connectivity index (χ1) is 12.4. The van der Waals surface area contributed by atoms with Gasteiger partial charge in [-0.15, -0.1) is 0 Å². The maximum atomic E-state index is 11.4. The number of carbonyl (C=O) groups excluding carboxylic acids is 1. The van der Waals surface area contributed by atoms with Gasteiger partial charge in [0.1, 0.15) is 0 Å². The van der Waals surface area contributed by atoms with Crippen molar-refractivity contribution in [3.63, 3.8) is 0 Å². The van der Waals surface area contributed by atoms with Gasteiger partial charge < -0.3 is 20.6 Å². The molecule has 2 aromatic carbocycles. The summed E-state index contributed by atoms with van der Waals surface area (Å²) in [6, 6.07) is 16.3. The molecule has 1 amide bonds. The van der Waals surface area contributed by atoms with Gasteiger partial charge in [0.15, 0.2) is 6.10 Å². The molecule has 2 aromatic rings. The van der Waals surface area contributed by atoms with Gasteiger partial charge >= 0.3 is 17.8 Å². The Morgan fingerprint density at radius 1 is 0.885 bits per heavy atom. The molecule has 26 heavy (non-hydrogen) atoms. The predicted octanol–water partition coefficient (Wildman–Crippen LogP) is 1.30. The number of aliphatic hydroxyl groups is 1. The lowest BCUT2D eigenvalue weighted by Gasteiger charge is -2.19. The van der Waals surface area contributed by atoms with Crippen LogP contribution in [0.15, 0.2) is 54.6 Å². The molecule has 0 aliphatic heterocycles. The van der Waals surface area contributed by atoms with E-state index in [0.29, 0.717) is 0 Å². The predicted molar refractivity (Wildman–Crippen MR) is 93.4 cm³/mol. The van der Waals surface area contributed by atoms with E-state index in [0.717, 1.165) is 16.7 Å². The van der Waals surface area contributed by atoms with Crippen LogP contribution in [0, 0.1) is 0 Å². The molecule has 2 atom stereocenters. The second kappa shape index (κ2) is 8.77. The Bertz CT molecular complexity index is 772. The van der Waals surface area contributed by atoms with Crippen LogP contribution in [0.1, 0.15) is 12.0 Å². The number of carboxylic acid groups (broad SMARTS) is 2. The zero-order valence-electron chi connectivity index (χ0n) is 13.8. The van der Waals surface area contributed by atoms with Crippen LogP contribution >= 0.6 is 0 Å². The summed E-state index contributed by atoms with van der Waals surface area (Å²) in [5.41, 5.74) is 2.81. The molecule has 7 heteroatoms. The second-order valence-electron chi connectivity index (χ2n) is 5.83. The van der Waals surface area contributed by atoms with Crippen LogP contribution in [0.25, 0.3) is 11.1 Å². The lowest BCUT2D eigenvalue weighted by Crippen LogP contribution is -2.43. The molecule has 1 unspecified atom stereocenters. The van der Waals surface area contributed by atoms with E-state index in [9.17, 15) is 19.5 Å². The molecule has 0 bridgehead atoms. The van der Waals surface area contributed by atoms with E-state index in [2.05, 4.69) is 5.32 Å². The number of hydrogen-bond acceptors (Lipinski definition) is 4. The van der Waals surface area contributed by atoms with Crippen LogP contribution in [0.3, 0.4) is 0 Å². The largest absolute Gasteiger partial charge is 0.479 e. The van der Waals surface area contributed by atoms with Gasteiger partial charge in [0.05, 0.1) is 0 Å². The minimum atomic E-state index is -1.70. The van der Waals surface area contributed by atoms with Crippen molar-refractivity contribution in [2.75, 3.05) is 0 Å². The standard InChI is InChI=1S/C19H19NO6/c21-16(18(23)24)11-15(20-17(22)19(25)26)10-12-6-8-14(9-7-12)13-4-2-1-3-5-13/h1-9,15-16,21H,10-11H2,(H,20,22)(H,23,24)(H,25,26)/t15-,16?/m1/s1. The lowest BCUT2D eigenvalue weighted by atomic mass is 9.98. The molecule has 0 radical (unpaired) electrons. The topological polar surface area (TPSA) is 124 Å². The minimum absolute atomic E-state index is 0.193. The maximum absolute atomic E-state index is 11.4. The summed E-state index contributed by atoms with van der Waals surface area (Å²) in [7, 11) is 0. The molecular weight excluding hydrogens is 338 g/mol. The highest BCUT2D eigenvalue weighted by Crippen LogP contribution is 2.20. The van der Waals surface area contributed by atoms with Crippen molar-refractivity contribution >= 4 is 17.8 Å². The van der Waals surface area contributed by atoms with Gasteiger partial charge in [0.25, 0.3) is 0 Å². The van der Waals surface area contributed by atoms with E-state index in [-0.39, 0.29) is 12.8 Å². The highest BCUT2D eigenvalue weighted by atomic mass is 16.4. The van der Waals surface area contributed by atoms with Crippen molar-refractivity contribution in [3.05, 3.63) is 60.2 Å². The van der Waals surface area contributed by atoms with Crippen LogP contribution in [-0.2, 0) is 20.8 Å². The minimum Gasteiger partial charge on any atom is -0.479 e. The smallest absolute Gasteiger partial charge is 0.394 e. The zero-order chi connectivity index (χ0) is 19.1. The number of benzene rings is 2. The Morgan fingerprint density at radius 2 is 1.46 bits per heavy atom. The third-order valence-electron chi connectivity index (χ3n) is 3.87. The van der Waals surface area contributed by atoms with Crippen molar-refractivity contribution < 1.29 is 29.7 Å². The Hall–Kier alpha value is -3.19. The molecule has 0 saturated heterocycles. The first-order valence-corrected chi connectivity index (χ1v) is 7.96. The Balaban J connectivity index is 2.12. The first kappa shape index (κ1) is 19.1. The lowest BCUT2D eigenvalue weighted by molar-refractivity contribution is -0.151. The number of amides is 1. The molecule has 2 rings (SSSR count). The van der Waals surface area contributed by atoms with Crippen molar-refractivity contribution in [2.45, 2.75) is 25.0 Å². The van der Waals surface area contributed by atoms with Gasteiger partial charge in [0, 0.05) is 12.5 Å². The Morgan fingerprint density at radius 3 is 2.00 bits per heavy atom. The molecule has 0 spiro atoms. The summed E-state index contributed by atoms with van der Waals surface area (Å²) < 4.78 is 0. The van der Waals surface area contributed by atoms with Crippen molar-refractivity contribution in [1.82, 2.24) is 5.32 Å². The number of rotatable bonds is 7. The number of aliphatic carboxylic acids is 2. The third-order valence-corrected chi connectivity index (χ3v) is 3.87.